The Morgan fingerprint density at radius 1 is 1.15 bits per heavy atom. The quantitative estimate of drug-likeness (QED) is 0.902. The zero-order valence-corrected chi connectivity index (χ0v) is 11.9. The lowest BCUT2D eigenvalue weighted by Gasteiger charge is -2.34. The number of benzene rings is 2. The maximum absolute atomic E-state index is 6.37. The topological polar surface area (TPSA) is 35.2 Å². The Hall–Kier alpha value is -1.80. The van der Waals surface area contributed by atoms with E-state index in [0.29, 0.717) is 5.92 Å². The lowest BCUT2D eigenvalue weighted by atomic mass is 9.72. The average Bonchev–Trinajstić information content (AvgIpc) is 2.47. The number of aryl methyl sites for hydroxylation is 1. The van der Waals surface area contributed by atoms with Crippen LogP contribution >= 0.6 is 0 Å². The van der Waals surface area contributed by atoms with Crippen LogP contribution in [0, 0.1) is 0 Å². The molecule has 0 heterocycles. The van der Waals surface area contributed by atoms with Gasteiger partial charge in [0.05, 0.1) is 7.11 Å². The minimum Gasteiger partial charge on any atom is -0.497 e. The molecule has 2 atom stereocenters. The van der Waals surface area contributed by atoms with Crippen LogP contribution in [0.5, 0.6) is 5.75 Å². The summed E-state index contributed by atoms with van der Waals surface area (Å²) in [5.74, 6) is 1.45. The van der Waals surface area contributed by atoms with Gasteiger partial charge in [-0.3, -0.25) is 0 Å². The zero-order valence-electron chi connectivity index (χ0n) is 11.9. The number of rotatable bonds is 5. The Bertz CT molecular complexity index is 576. The predicted molar refractivity (Wildman–Crippen MR) is 82.2 cm³/mol. The monoisotopic (exact) mass is 267 g/mol. The lowest BCUT2D eigenvalue weighted by molar-refractivity contribution is 0.414. The van der Waals surface area contributed by atoms with Gasteiger partial charge in [-0.25, -0.2) is 0 Å². The molecule has 20 heavy (non-hydrogen) atoms. The van der Waals surface area contributed by atoms with Crippen molar-refractivity contribution in [3.05, 3.63) is 65.2 Å². The van der Waals surface area contributed by atoms with Crippen LogP contribution in [-0.4, -0.2) is 13.2 Å². The van der Waals surface area contributed by atoms with Crippen molar-refractivity contribution in [2.45, 2.75) is 31.2 Å². The smallest absolute Gasteiger partial charge is 0.118 e. The molecule has 2 nitrogen and oxygen atoms in total. The van der Waals surface area contributed by atoms with E-state index < -0.39 is 0 Å². The van der Waals surface area contributed by atoms with Gasteiger partial charge in [-0.15, -0.1) is 0 Å². The Morgan fingerprint density at radius 2 is 1.90 bits per heavy atom. The highest BCUT2D eigenvalue weighted by atomic mass is 16.5. The molecule has 0 aromatic heterocycles. The number of methoxy groups -OCH3 is 1. The molecular weight excluding hydrogens is 246 g/mol. The number of nitrogens with two attached hydrogens (primary N) is 1. The van der Waals surface area contributed by atoms with Crippen LogP contribution < -0.4 is 10.5 Å². The molecular formula is C18H21NO. The molecule has 0 spiro atoms. The number of fused-ring (bicyclic) bond motifs is 1. The fourth-order valence-electron chi connectivity index (χ4n) is 3.01. The average molecular weight is 267 g/mol. The molecule has 0 aliphatic heterocycles. The van der Waals surface area contributed by atoms with Crippen molar-refractivity contribution >= 4 is 0 Å². The maximum atomic E-state index is 6.37. The van der Waals surface area contributed by atoms with Gasteiger partial charge in [-0.1, -0.05) is 36.4 Å². The highest BCUT2D eigenvalue weighted by Gasteiger charge is 2.30. The summed E-state index contributed by atoms with van der Waals surface area (Å²) >= 11 is 0. The first kappa shape index (κ1) is 13.2. The van der Waals surface area contributed by atoms with Crippen LogP contribution in [0.4, 0.5) is 0 Å². The van der Waals surface area contributed by atoms with Gasteiger partial charge in [-0.05, 0) is 48.1 Å². The maximum Gasteiger partial charge on any atom is 0.118 e. The highest BCUT2D eigenvalue weighted by molar-refractivity contribution is 5.41. The van der Waals surface area contributed by atoms with Gasteiger partial charge in [0.25, 0.3) is 0 Å². The molecule has 2 heteroatoms. The highest BCUT2D eigenvalue weighted by Crippen LogP contribution is 2.37. The summed E-state index contributed by atoms with van der Waals surface area (Å²) in [5.41, 5.74) is 10.6. The number of ether oxygens (including phenoxy) is 1. The second-order valence-electron chi connectivity index (χ2n) is 5.56. The Morgan fingerprint density at radius 3 is 2.60 bits per heavy atom. The summed E-state index contributed by atoms with van der Waals surface area (Å²) in [7, 11) is 1.69. The lowest BCUT2D eigenvalue weighted by Crippen LogP contribution is -2.35. The predicted octanol–water partition coefficient (Wildman–Crippen LogP) is 3.30. The summed E-state index contributed by atoms with van der Waals surface area (Å²) in [6.45, 7) is 0. The van der Waals surface area contributed by atoms with Crippen LogP contribution in [0.2, 0.25) is 0 Å². The molecule has 0 radical (unpaired) electrons. The van der Waals surface area contributed by atoms with Gasteiger partial charge in [0.15, 0.2) is 0 Å². The van der Waals surface area contributed by atoms with E-state index >= 15 is 0 Å². The first-order valence-corrected chi connectivity index (χ1v) is 7.24. The van der Waals surface area contributed by atoms with E-state index in [1.807, 2.05) is 12.1 Å². The molecule has 0 saturated carbocycles. The van der Waals surface area contributed by atoms with E-state index in [1.165, 1.54) is 16.7 Å². The third kappa shape index (κ3) is 2.56. The van der Waals surface area contributed by atoms with Crippen LogP contribution in [0.25, 0.3) is 0 Å². The van der Waals surface area contributed by atoms with Gasteiger partial charge in [0, 0.05) is 12.0 Å². The van der Waals surface area contributed by atoms with E-state index in [2.05, 4.69) is 36.4 Å². The summed E-state index contributed by atoms with van der Waals surface area (Å²) < 4.78 is 5.17. The minimum atomic E-state index is 0.256. The van der Waals surface area contributed by atoms with Crippen LogP contribution in [-0.2, 0) is 12.8 Å². The Balaban J connectivity index is 1.56. The van der Waals surface area contributed by atoms with E-state index in [4.69, 9.17) is 10.5 Å². The molecule has 2 unspecified atom stereocenters. The molecule has 1 aliphatic rings. The van der Waals surface area contributed by atoms with E-state index in [0.717, 1.165) is 25.0 Å². The van der Waals surface area contributed by atoms with Gasteiger partial charge in [0.2, 0.25) is 0 Å². The van der Waals surface area contributed by atoms with Gasteiger partial charge < -0.3 is 10.5 Å². The molecule has 2 N–H and O–H groups in total. The van der Waals surface area contributed by atoms with Crippen LogP contribution in [0.3, 0.4) is 0 Å². The summed E-state index contributed by atoms with van der Waals surface area (Å²) in [6.07, 6.45) is 3.20. The van der Waals surface area contributed by atoms with Crippen molar-refractivity contribution in [3.8, 4) is 5.75 Å². The summed E-state index contributed by atoms with van der Waals surface area (Å²) in [5, 5.41) is 0. The van der Waals surface area contributed by atoms with Crippen LogP contribution in [0.1, 0.15) is 29.0 Å². The number of hydrogen-bond acceptors (Lipinski definition) is 2. The van der Waals surface area contributed by atoms with Gasteiger partial charge in [-0.2, -0.15) is 0 Å². The van der Waals surface area contributed by atoms with E-state index in [-0.39, 0.29) is 6.04 Å². The van der Waals surface area contributed by atoms with Crippen molar-refractivity contribution < 1.29 is 4.74 Å². The molecule has 1 aliphatic carbocycles. The number of hydrogen-bond donors (Lipinski definition) is 1. The molecule has 0 bridgehead atoms. The molecule has 0 saturated heterocycles. The molecule has 3 rings (SSSR count). The summed E-state index contributed by atoms with van der Waals surface area (Å²) in [6, 6.07) is 17.2. The zero-order chi connectivity index (χ0) is 13.9. The fourth-order valence-corrected chi connectivity index (χ4v) is 3.01. The Kier molecular flexibility index (Phi) is 3.75. The Labute approximate surface area is 120 Å². The van der Waals surface area contributed by atoms with Crippen molar-refractivity contribution in [1.82, 2.24) is 0 Å². The van der Waals surface area contributed by atoms with Crippen molar-refractivity contribution in [1.29, 1.82) is 0 Å². The first-order chi connectivity index (χ1) is 9.78. The second kappa shape index (κ2) is 5.68. The van der Waals surface area contributed by atoms with Crippen molar-refractivity contribution in [3.63, 3.8) is 0 Å². The fraction of sp³-hybridized carbons (Fsp3) is 0.333. The van der Waals surface area contributed by atoms with E-state index in [9.17, 15) is 0 Å². The third-order valence-electron chi connectivity index (χ3n) is 4.34. The molecule has 2 aromatic carbocycles. The van der Waals surface area contributed by atoms with Crippen molar-refractivity contribution in [2.24, 2.45) is 5.73 Å². The SMILES string of the molecule is COc1ccc(CCC(N)C2Cc3ccccc32)cc1. The van der Waals surface area contributed by atoms with Crippen LogP contribution in [0.15, 0.2) is 48.5 Å². The molecule has 0 amide bonds. The standard InChI is InChI=1S/C18H21NO/c1-20-15-9-6-13(7-10-15)8-11-18(19)17-12-14-4-2-3-5-16(14)17/h2-7,9-10,17-18H,8,11-12,19H2,1H3. The molecule has 104 valence electrons. The normalized spacial score (nSPS) is 18.0. The second-order valence-corrected chi connectivity index (χ2v) is 5.56. The molecule has 0 fully saturated rings. The van der Waals surface area contributed by atoms with E-state index in [1.54, 1.807) is 7.11 Å². The van der Waals surface area contributed by atoms with Crippen molar-refractivity contribution in [2.75, 3.05) is 7.11 Å². The largest absolute Gasteiger partial charge is 0.497 e. The third-order valence-corrected chi connectivity index (χ3v) is 4.34. The van der Waals surface area contributed by atoms with Gasteiger partial charge in [0.1, 0.15) is 5.75 Å². The summed E-state index contributed by atoms with van der Waals surface area (Å²) in [4.78, 5) is 0. The first-order valence-electron chi connectivity index (χ1n) is 7.24. The minimum absolute atomic E-state index is 0.256. The van der Waals surface area contributed by atoms with Gasteiger partial charge >= 0.3 is 0 Å². The molecule has 2 aromatic rings.